The Kier molecular flexibility index (Phi) is 5.77. The number of ketones is 1. The van der Waals surface area contributed by atoms with E-state index >= 15 is 0 Å². The van der Waals surface area contributed by atoms with Gasteiger partial charge < -0.3 is 15.3 Å². The molecular weight excluding hydrogens is 486 g/mol. The van der Waals surface area contributed by atoms with Crippen LogP contribution in [0.3, 0.4) is 0 Å². The van der Waals surface area contributed by atoms with Crippen LogP contribution in [0.2, 0.25) is 0 Å². The second kappa shape index (κ2) is 8.61. The van der Waals surface area contributed by atoms with Crippen molar-refractivity contribution in [1.29, 1.82) is 0 Å². The van der Waals surface area contributed by atoms with E-state index in [-0.39, 0.29) is 46.7 Å². The van der Waals surface area contributed by atoms with E-state index in [1.165, 1.54) is 0 Å². The van der Waals surface area contributed by atoms with Crippen molar-refractivity contribution >= 4 is 5.78 Å². The van der Waals surface area contributed by atoms with Crippen LogP contribution in [-0.2, 0) is 0 Å². The van der Waals surface area contributed by atoms with Gasteiger partial charge in [0, 0.05) is 40.0 Å². The topological polar surface area (TPSA) is 81.0 Å². The number of aliphatic hydroxyl groups excluding tert-OH is 2. The van der Waals surface area contributed by atoms with Crippen LogP contribution in [-0.4, -0.2) is 63.4 Å². The molecule has 2 spiro atoms. The van der Waals surface area contributed by atoms with Crippen LogP contribution in [0, 0.1) is 33.5 Å². The zero-order valence-corrected chi connectivity index (χ0v) is 23.6. The first-order valence-corrected chi connectivity index (χ1v) is 15.4. The summed E-state index contributed by atoms with van der Waals surface area (Å²) in [5.41, 5.74) is -0.250. The van der Waals surface area contributed by atoms with Gasteiger partial charge in [-0.25, -0.2) is 0 Å². The van der Waals surface area contributed by atoms with Crippen molar-refractivity contribution in [3.63, 3.8) is 0 Å². The Morgan fingerprint density at radius 3 is 2.46 bits per heavy atom. The fourth-order valence-electron chi connectivity index (χ4n) is 11.0. The third kappa shape index (κ3) is 3.25. The van der Waals surface area contributed by atoms with E-state index in [0.717, 1.165) is 69.0 Å². The number of hydrogen-bond acceptors (Lipinski definition) is 5. The Bertz CT molecular complexity index is 1230. The van der Waals surface area contributed by atoms with Gasteiger partial charge in [-0.2, -0.15) is 0 Å². The standard InChI is InChI=1S/C34H45NO4/c1-30-13-10-25(37)19-32(30)16-17-34(26(20-32)29(38)23-7-4-3-5-8-23)27(30)11-14-31(2)28(34)12-15-33(31,39)22-35-18-6-9-24(35)21-36/h3-5,7-8,16-17,20,24-25,27-28,36-37,39H,6,9-15,18-19,21-22H2,1-2H3. The van der Waals surface area contributed by atoms with Crippen molar-refractivity contribution < 1.29 is 20.1 Å². The van der Waals surface area contributed by atoms with Crippen LogP contribution in [0.15, 0.2) is 54.1 Å². The van der Waals surface area contributed by atoms with Crippen molar-refractivity contribution in [3.8, 4) is 0 Å². The van der Waals surface area contributed by atoms with Crippen LogP contribution in [0.4, 0.5) is 0 Å². The molecule has 7 aliphatic rings. The number of fused-ring (bicyclic) bond motifs is 1. The second-order valence-electron chi connectivity index (χ2n) is 14.5. The maximum atomic E-state index is 14.4. The summed E-state index contributed by atoms with van der Waals surface area (Å²) < 4.78 is 0. The van der Waals surface area contributed by atoms with Crippen molar-refractivity contribution in [2.75, 3.05) is 19.7 Å². The van der Waals surface area contributed by atoms with Gasteiger partial charge in [0.1, 0.15) is 0 Å². The third-order valence-electron chi connectivity index (χ3n) is 13.2. The molecule has 1 saturated heterocycles. The summed E-state index contributed by atoms with van der Waals surface area (Å²) in [6, 6.07) is 9.85. The quantitative estimate of drug-likeness (QED) is 0.371. The molecule has 0 radical (unpaired) electrons. The molecule has 1 aromatic carbocycles. The van der Waals surface area contributed by atoms with Crippen molar-refractivity contribution in [3.05, 3.63) is 59.7 Å². The number of nitrogens with zero attached hydrogens (tertiary/aromatic N) is 1. The van der Waals surface area contributed by atoms with Crippen LogP contribution in [0.25, 0.3) is 0 Å². The van der Waals surface area contributed by atoms with Crippen molar-refractivity contribution in [2.24, 2.45) is 33.5 Å². The lowest BCUT2D eigenvalue weighted by molar-refractivity contribution is -0.177. The molecule has 6 aliphatic carbocycles. The minimum absolute atomic E-state index is 0.0135. The maximum absolute atomic E-state index is 14.4. The fourth-order valence-corrected chi connectivity index (χ4v) is 11.0. The Morgan fingerprint density at radius 1 is 0.974 bits per heavy atom. The van der Waals surface area contributed by atoms with E-state index in [1.807, 2.05) is 30.3 Å². The highest BCUT2D eigenvalue weighted by atomic mass is 16.3. The molecule has 9 unspecified atom stereocenters. The molecular formula is C34H45NO4. The molecule has 1 aliphatic heterocycles. The molecule has 3 N–H and O–H groups in total. The fraction of sp³-hybridized carbons (Fsp3) is 0.676. The molecule has 9 atom stereocenters. The Balaban J connectivity index is 1.36. The van der Waals surface area contributed by atoms with Gasteiger partial charge in [0.25, 0.3) is 0 Å². The number of benzene rings is 1. The first kappa shape index (κ1) is 26.1. The molecule has 5 heteroatoms. The molecule has 2 bridgehead atoms. The third-order valence-corrected chi connectivity index (χ3v) is 13.2. The van der Waals surface area contributed by atoms with E-state index < -0.39 is 11.0 Å². The average molecular weight is 532 g/mol. The summed E-state index contributed by atoms with van der Waals surface area (Å²) in [6.07, 6.45) is 14.8. The predicted octanol–water partition coefficient (Wildman–Crippen LogP) is 4.92. The minimum Gasteiger partial charge on any atom is -0.395 e. The summed E-state index contributed by atoms with van der Waals surface area (Å²) >= 11 is 0. The first-order chi connectivity index (χ1) is 18.6. The van der Waals surface area contributed by atoms with E-state index in [0.29, 0.717) is 18.9 Å². The lowest BCUT2D eigenvalue weighted by atomic mass is 9.32. The zero-order valence-electron chi connectivity index (χ0n) is 23.6. The molecule has 5 nitrogen and oxygen atoms in total. The van der Waals surface area contributed by atoms with Gasteiger partial charge in [0.05, 0.1) is 18.3 Å². The molecule has 39 heavy (non-hydrogen) atoms. The van der Waals surface area contributed by atoms with Crippen LogP contribution >= 0.6 is 0 Å². The maximum Gasteiger partial charge on any atom is 0.189 e. The highest BCUT2D eigenvalue weighted by Gasteiger charge is 2.74. The van der Waals surface area contributed by atoms with Gasteiger partial charge in [-0.1, -0.05) is 62.4 Å². The lowest BCUT2D eigenvalue weighted by Gasteiger charge is -2.71. The highest BCUT2D eigenvalue weighted by Crippen LogP contribution is 2.78. The van der Waals surface area contributed by atoms with E-state index in [2.05, 4.69) is 37.0 Å². The van der Waals surface area contributed by atoms with Gasteiger partial charge in [-0.05, 0) is 81.6 Å². The normalized spacial score (nSPS) is 48.4. The number of carbonyl (C=O) groups excluding carboxylic acids is 1. The van der Waals surface area contributed by atoms with Gasteiger partial charge in [-0.3, -0.25) is 9.69 Å². The summed E-state index contributed by atoms with van der Waals surface area (Å²) in [6.45, 7) is 6.43. The average Bonchev–Trinajstić information content (AvgIpc) is 3.49. The molecule has 0 amide bonds. The van der Waals surface area contributed by atoms with Crippen LogP contribution < -0.4 is 0 Å². The Morgan fingerprint density at radius 2 is 1.69 bits per heavy atom. The zero-order chi connectivity index (χ0) is 27.3. The molecule has 1 heterocycles. The molecule has 210 valence electrons. The SMILES string of the molecule is CC12CCC(O)CC13C=CC1(C(C(=O)c4ccccc4)=C3)C2CCC2(C)C1CCC2(O)CN1CCCC1CO. The number of likely N-dealkylation sites (tertiary alicyclic amines) is 1. The number of β-amino-alcohol motifs (C(OH)–C–C–N with tert-alkyl or cyclic N) is 1. The number of Topliss-reactive ketones (excluding diaryl/α,β-unsaturated/α-hetero) is 1. The predicted molar refractivity (Wildman–Crippen MR) is 151 cm³/mol. The minimum atomic E-state index is -0.848. The van der Waals surface area contributed by atoms with Gasteiger partial charge in [0.15, 0.2) is 5.78 Å². The van der Waals surface area contributed by atoms with Crippen LogP contribution in [0.1, 0.15) is 82.0 Å². The van der Waals surface area contributed by atoms with Gasteiger partial charge >= 0.3 is 0 Å². The Labute approximate surface area is 233 Å². The van der Waals surface area contributed by atoms with E-state index in [9.17, 15) is 20.1 Å². The van der Waals surface area contributed by atoms with E-state index in [1.54, 1.807) is 0 Å². The number of allylic oxidation sites excluding steroid dienone is 4. The number of rotatable bonds is 5. The summed E-state index contributed by atoms with van der Waals surface area (Å²) in [7, 11) is 0. The number of carbonyl (C=O) groups is 1. The monoisotopic (exact) mass is 531 g/mol. The molecule has 4 fully saturated rings. The smallest absolute Gasteiger partial charge is 0.189 e. The van der Waals surface area contributed by atoms with Crippen LogP contribution in [0.5, 0.6) is 0 Å². The Hall–Kier alpha value is -1.79. The van der Waals surface area contributed by atoms with Crippen molar-refractivity contribution in [2.45, 2.75) is 89.4 Å². The molecule has 1 aromatic rings. The summed E-state index contributed by atoms with van der Waals surface area (Å²) in [4.78, 5) is 16.8. The lowest BCUT2D eigenvalue weighted by Crippen LogP contribution is -2.67. The van der Waals surface area contributed by atoms with Gasteiger partial charge in [-0.15, -0.1) is 0 Å². The summed E-state index contributed by atoms with van der Waals surface area (Å²) in [5.74, 6) is 0.597. The van der Waals surface area contributed by atoms with Crippen molar-refractivity contribution in [1.82, 2.24) is 4.90 Å². The molecule has 3 saturated carbocycles. The molecule has 0 aromatic heterocycles. The highest BCUT2D eigenvalue weighted by molar-refractivity contribution is 6.10. The number of hydrogen-bond donors (Lipinski definition) is 3. The number of aliphatic hydroxyl groups is 3. The first-order valence-electron chi connectivity index (χ1n) is 15.4. The second-order valence-corrected chi connectivity index (χ2v) is 14.5. The largest absolute Gasteiger partial charge is 0.395 e. The van der Waals surface area contributed by atoms with Gasteiger partial charge in [0.2, 0.25) is 0 Å². The van der Waals surface area contributed by atoms with E-state index in [4.69, 9.17) is 0 Å². The summed E-state index contributed by atoms with van der Waals surface area (Å²) in [5, 5.41) is 33.4. The molecule has 8 rings (SSSR count).